The number of anilines is 2. The number of methoxy groups -OCH3 is 4. The maximum Gasteiger partial charge on any atom is 0.343 e. The Morgan fingerprint density at radius 3 is 1.74 bits per heavy atom. The summed E-state index contributed by atoms with van der Waals surface area (Å²) >= 11 is 0. The Kier molecular flexibility index (Phi) is 11.6. The maximum atomic E-state index is 14.7. The number of hydrogen-bond acceptors (Lipinski definition) is 15. The molecule has 0 bridgehead atoms. The molecule has 2 aliphatic heterocycles. The van der Waals surface area contributed by atoms with Crippen molar-refractivity contribution < 1.29 is 61.8 Å². The summed E-state index contributed by atoms with van der Waals surface area (Å²) in [7, 11) is 5.63. The van der Waals surface area contributed by atoms with E-state index in [1.807, 2.05) is 0 Å². The number of fused-ring (bicyclic) bond motifs is 1. The van der Waals surface area contributed by atoms with Crippen LogP contribution in [0.1, 0.15) is 36.0 Å². The second kappa shape index (κ2) is 16.9. The van der Waals surface area contributed by atoms with Crippen molar-refractivity contribution in [3.63, 3.8) is 0 Å². The molecule has 0 fully saturated rings. The molecule has 0 saturated carbocycles. The van der Waals surface area contributed by atoms with Crippen LogP contribution in [0.15, 0.2) is 53.6 Å². The predicted octanol–water partition coefficient (Wildman–Crippen LogP) is 4.51. The first-order valence-electron chi connectivity index (χ1n) is 17.0. The van der Waals surface area contributed by atoms with Gasteiger partial charge in [-0.1, -0.05) is 12.0 Å². The number of aromatic carboxylic acids is 1. The molecule has 57 heavy (non-hydrogen) atoms. The van der Waals surface area contributed by atoms with Crippen molar-refractivity contribution in [2.45, 2.75) is 25.7 Å². The maximum absolute atomic E-state index is 14.7. The van der Waals surface area contributed by atoms with Gasteiger partial charge in [-0.3, -0.25) is 19.3 Å². The molecule has 2 aromatic heterocycles. The zero-order chi connectivity index (χ0) is 40.8. The van der Waals surface area contributed by atoms with Crippen LogP contribution >= 0.6 is 0 Å². The van der Waals surface area contributed by atoms with Crippen LogP contribution in [0.2, 0.25) is 0 Å². The lowest BCUT2D eigenvalue weighted by molar-refractivity contribution is -0.121. The lowest BCUT2D eigenvalue weighted by Crippen LogP contribution is -2.39. The third-order valence-electron chi connectivity index (χ3n) is 8.61. The highest BCUT2D eigenvalue weighted by atomic mass is 19.1. The summed E-state index contributed by atoms with van der Waals surface area (Å²) in [6.07, 6.45) is 8.01. The molecule has 294 valence electrons. The van der Waals surface area contributed by atoms with Crippen LogP contribution in [-0.4, -0.2) is 90.3 Å². The van der Waals surface area contributed by atoms with Crippen molar-refractivity contribution in [3.05, 3.63) is 65.0 Å². The van der Waals surface area contributed by atoms with E-state index in [2.05, 4.69) is 25.9 Å². The van der Waals surface area contributed by atoms with Gasteiger partial charge in [0, 0.05) is 17.2 Å². The smallest absolute Gasteiger partial charge is 0.343 e. The molecule has 4 heterocycles. The molecule has 4 aromatic rings. The van der Waals surface area contributed by atoms with E-state index < -0.39 is 23.6 Å². The number of aromatic nitrogens is 4. The minimum atomic E-state index is -1.32. The number of rotatable bonds is 11. The topological polar surface area (TPSA) is 211 Å². The minimum absolute atomic E-state index is 0.0170. The van der Waals surface area contributed by atoms with Gasteiger partial charge in [-0.2, -0.15) is 19.9 Å². The Morgan fingerprint density at radius 1 is 0.807 bits per heavy atom. The molecule has 3 amide bonds. The standard InChI is InChI=1S/C19H15FN2O4.C19H18N4O8/c1-2-7-21-15-9-14(13(20)8-16(15)26-10-17(21)23)22-18(24)11-5-3-4-6-12(11)19(22)25;1-26-12-8-13(27-2)21-18(20-12)30-10-6-5-7-11(16(10)17(24)25)31-19-22-14(28-3)9-15(23-19)29-4/h1,8-9H,3-7,10H2;5-9H,1-4H3,(H,24,25). The monoisotopic (exact) mass is 784 g/mol. The van der Waals surface area contributed by atoms with E-state index in [9.17, 15) is 28.7 Å². The lowest BCUT2D eigenvalue weighted by Gasteiger charge is -2.29. The van der Waals surface area contributed by atoms with Gasteiger partial charge in [-0.15, -0.1) is 6.42 Å². The van der Waals surface area contributed by atoms with Gasteiger partial charge in [-0.05, 0) is 43.9 Å². The first-order valence-corrected chi connectivity index (χ1v) is 17.0. The van der Waals surface area contributed by atoms with E-state index in [1.54, 1.807) is 0 Å². The molecule has 0 radical (unpaired) electrons. The summed E-state index contributed by atoms with van der Waals surface area (Å²) < 4.78 is 51.4. The minimum Gasteiger partial charge on any atom is -0.481 e. The second-order valence-electron chi connectivity index (χ2n) is 12.0. The average molecular weight is 785 g/mol. The van der Waals surface area contributed by atoms with Crippen LogP contribution in [0, 0.1) is 18.2 Å². The van der Waals surface area contributed by atoms with Crippen LogP contribution in [0.25, 0.3) is 0 Å². The predicted molar refractivity (Wildman–Crippen MR) is 195 cm³/mol. The molecule has 0 atom stereocenters. The highest BCUT2D eigenvalue weighted by Crippen LogP contribution is 2.42. The second-order valence-corrected chi connectivity index (χ2v) is 12.0. The van der Waals surface area contributed by atoms with Crippen LogP contribution in [0.5, 0.6) is 52.8 Å². The van der Waals surface area contributed by atoms with E-state index in [4.69, 9.17) is 39.6 Å². The van der Waals surface area contributed by atoms with Crippen molar-refractivity contribution in [2.24, 2.45) is 0 Å². The number of nitrogens with zero attached hydrogens (tertiary/aromatic N) is 6. The largest absolute Gasteiger partial charge is 0.481 e. The molecule has 7 rings (SSSR count). The molecule has 3 aliphatic rings. The quantitative estimate of drug-likeness (QED) is 0.164. The van der Waals surface area contributed by atoms with E-state index in [-0.39, 0.29) is 88.8 Å². The van der Waals surface area contributed by atoms with Gasteiger partial charge in [0.15, 0.2) is 12.4 Å². The van der Waals surface area contributed by atoms with E-state index in [1.165, 1.54) is 69.7 Å². The normalized spacial score (nSPS) is 14.4. The lowest BCUT2D eigenvalue weighted by atomic mass is 9.93. The van der Waals surface area contributed by atoms with Crippen molar-refractivity contribution in [2.75, 3.05) is 51.4 Å². The van der Waals surface area contributed by atoms with Crippen molar-refractivity contribution in [3.8, 4) is 65.1 Å². The number of carboxylic acids is 1. The number of imide groups is 1. The van der Waals surface area contributed by atoms with Crippen molar-refractivity contribution in [1.29, 1.82) is 0 Å². The van der Waals surface area contributed by atoms with E-state index in [0.29, 0.717) is 24.0 Å². The summed E-state index contributed by atoms with van der Waals surface area (Å²) in [5.41, 5.74) is 0.685. The molecular weight excluding hydrogens is 751 g/mol. The number of amides is 3. The zero-order valence-corrected chi connectivity index (χ0v) is 30.9. The van der Waals surface area contributed by atoms with Gasteiger partial charge in [0.1, 0.15) is 22.8 Å². The molecule has 1 aliphatic carbocycles. The summed E-state index contributed by atoms with van der Waals surface area (Å²) in [6, 6.07) is 9.23. The van der Waals surface area contributed by atoms with Crippen molar-refractivity contribution in [1.82, 2.24) is 19.9 Å². The Morgan fingerprint density at radius 2 is 1.30 bits per heavy atom. The fraction of sp³-hybridized carbons (Fsp3) is 0.263. The Balaban J connectivity index is 0.000000195. The molecule has 2 aromatic carbocycles. The van der Waals surface area contributed by atoms with Crippen LogP contribution in [0.4, 0.5) is 15.8 Å². The van der Waals surface area contributed by atoms with Gasteiger partial charge >= 0.3 is 18.0 Å². The fourth-order valence-corrected chi connectivity index (χ4v) is 5.97. The molecule has 0 saturated heterocycles. The SMILES string of the molecule is C#CCN1C(=O)COc2cc(F)c(N3C(=O)C4=C(CCCC4)C3=O)cc21.COc1cc(OC)nc(Oc2cccc(Oc3nc(OC)cc(OC)n3)c2C(=O)O)n1. The first kappa shape index (κ1) is 39.2. The number of carboxylic acid groups (broad SMARTS) is 1. The summed E-state index contributed by atoms with van der Waals surface area (Å²) in [6.45, 7) is -0.262. The molecule has 18 nitrogen and oxygen atoms in total. The Bertz CT molecular complexity index is 2200. The van der Waals surface area contributed by atoms with Crippen molar-refractivity contribution >= 4 is 35.1 Å². The van der Waals surface area contributed by atoms with Crippen LogP contribution in [0.3, 0.4) is 0 Å². The van der Waals surface area contributed by atoms with E-state index >= 15 is 0 Å². The average Bonchev–Trinajstić information content (AvgIpc) is 3.47. The number of carbonyl (C=O) groups is 4. The fourth-order valence-electron chi connectivity index (χ4n) is 5.97. The first-order chi connectivity index (χ1) is 27.5. The molecule has 0 unspecified atom stereocenters. The number of terminal acetylenes is 1. The van der Waals surface area contributed by atoms with Gasteiger partial charge < -0.3 is 38.3 Å². The number of carbonyl (C=O) groups excluding carboxylic acids is 3. The van der Waals surface area contributed by atoms with Gasteiger partial charge in [0.05, 0.1) is 58.5 Å². The van der Waals surface area contributed by atoms with Gasteiger partial charge in [0.25, 0.3) is 17.7 Å². The molecule has 1 N–H and O–H groups in total. The van der Waals surface area contributed by atoms with Crippen LogP contribution < -0.4 is 43.0 Å². The van der Waals surface area contributed by atoms with Crippen LogP contribution in [-0.2, 0) is 14.4 Å². The highest BCUT2D eigenvalue weighted by Gasteiger charge is 2.41. The molecule has 0 spiro atoms. The third kappa shape index (κ3) is 8.14. The summed E-state index contributed by atoms with van der Waals surface area (Å²) in [5.74, 6) is -0.416. The van der Waals surface area contributed by atoms with E-state index in [0.717, 1.165) is 23.8 Å². The Hall–Kier alpha value is -7.49. The zero-order valence-electron chi connectivity index (χ0n) is 30.9. The number of ether oxygens (including phenoxy) is 7. The third-order valence-corrected chi connectivity index (χ3v) is 8.61. The van der Waals surface area contributed by atoms with Gasteiger partial charge in [0.2, 0.25) is 23.5 Å². The van der Waals surface area contributed by atoms with Gasteiger partial charge in [-0.25, -0.2) is 14.1 Å². The number of benzene rings is 2. The highest BCUT2D eigenvalue weighted by molar-refractivity contribution is 6.33. The summed E-state index contributed by atoms with van der Waals surface area (Å²) in [5, 5.41) is 9.77. The molecular formula is C38H33FN6O12. The number of hydrogen-bond donors (Lipinski definition) is 1. The number of halogens is 1. The summed E-state index contributed by atoms with van der Waals surface area (Å²) in [4.78, 5) is 67.6. The molecule has 19 heteroatoms. The Labute approximate surface area is 323 Å².